The van der Waals surface area contributed by atoms with E-state index < -0.39 is 0 Å². The van der Waals surface area contributed by atoms with Gasteiger partial charge < -0.3 is 15.6 Å². The Hall–Kier alpha value is -2.34. The van der Waals surface area contributed by atoms with Crippen LogP contribution in [-0.4, -0.2) is 28.3 Å². The van der Waals surface area contributed by atoms with Crippen molar-refractivity contribution in [1.82, 2.24) is 15.3 Å². The predicted molar refractivity (Wildman–Crippen MR) is 84.7 cm³/mol. The number of halogens is 1. The number of aryl methyl sites for hydroxylation is 1. The van der Waals surface area contributed by atoms with Gasteiger partial charge in [-0.15, -0.1) is 0 Å². The van der Waals surface area contributed by atoms with E-state index in [1.807, 2.05) is 13.0 Å². The van der Waals surface area contributed by atoms with E-state index in [0.717, 1.165) is 11.3 Å². The van der Waals surface area contributed by atoms with E-state index in [2.05, 4.69) is 20.6 Å². The molecular formula is C15H17ClN4O2. The minimum absolute atomic E-state index is 0.228. The van der Waals surface area contributed by atoms with Crippen LogP contribution in [0.25, 0.3) is 0 Å². The number of hydrogen-bond donors (Lipinski definition) is 3. The molecule has 1 aromatic heterocycles. The van der Waals surface area contributed by atoms with Crippen molar-refractivity contribution < 1.29 is 9.59 Å². The number of nitrogens with one attached hydrogen (secondary N) is 3. The van der Waals surface area contributed by atoms with Gasteiger partial charge in [0.05, 0.1) is 6.33 Å². The number of amides is 2. The summed E-state index contributed by atoms with van der Waals surface area (Å²) in [6.07, 6.45) is 3.69. The molecule has 0 aliphatic rings. The molecule has 1 aromatic carbocycles. The molecular weight excluding hydrogens is 304 g/mol. The summed E-state index contributed by atoms with van der Waals surface area (Å²) in [5.74, 6) is -0.700. The van der Waals surface area contributed by atoms with Gasteiger partial charge in [-0.25, -0.2) is 4.98 Å². The van der Waals surface area contributed by atoms with Crippen LogP contribution >= 0.6 is 11.6 Å². The molecule has 7 heteroatoms. The fraction of sp³-hybridized carbons (Fsp3) is 0.267. The second kappa shape index (κ2) is 7.61. The third-order valence-corrected chi connectivity index (χ3v) is 3.46. The van der Waals surface area contributed by atoms with Crippen molar-refractivity contribution in [3.05, 3.63) is 47.0 Å². The van der Waals surface area contributed by atoms with E-state index in [0.29, 0.717) is 23.7 Å². The molecule has 2 aromatic rings. The van der Waals surface area contributed by atoms with Gasteiger partial charge in [-0.05, 0) is 24.6 Å². The van der Waals surface area contributed by atoms with Gasteiger partial charge in [-0.2, -0.15) is 0 Å². The third kappa shape index (κ3) is 4.89. The molecule has 0 unspecified atom stereocenters. The second-order valence-corrected chi connectivity index (χ2v) is 5.27. The van der Waals surface area contributed by atoms with Crippen molar-refractivity contribution >= 4 is 29.1 Å². The van der Waals surface area contributed by atoms with Gasteiger partial charge in [0.25, 0.3) is 0 Å². The van der Waals surface area contributed by atoms with Crippen LogP contribution in [0.2, 0.25) is 5.02 Å². The highest BCUT2D eigenvalue weighted by molar-refractivity contribution is 6.31. The number of hydrogen-bond acceptors (Lipinski definition) is 3. The maximum Gasteiger partial charge on any atom is 0.233 e. The summed E-state index contributed by atoms with van der Waals surface area (Å²) in [5, 5.41) is 5.90. The fourth-order valence-corrected chi connectivity index (χ4v) is 2.02. The van der Waals surface area contributed by atoms with Gasteiger partial charge in [-0.1, -0.05) is 17.7 Å². The predicted octanol–water partition coefficient (Wildman–Crippen LogP) is 2.06. The highest BCUT2D eigenvalue weighted by Crippen LogP contribution is 2.19. The first-order chi connectivity index (χ1) is 10.5. The normalized spacial score (nSPS) is 10.3. The van der Waals surface area contributed by atoms with Crippen molar-refractivity contribution in [1.29, 1.82) is 0 Å². The molecule has 22 heavy (non-hydrogen) atoms. The molecule has 2 amide bonds. The summed E-state index contributed by atoms with van der Waals surface area (Å²) in [5.41, 5.74) is 2.43. The lowest BCUT2D eigenvalue weighted by Gasteiger charge is -2.07. The SMILES string of the molecule is Cc1ccc(NC(=O)CC(=O)NCCc2cnc[nH]2)cc1Cl. The molecule has 0 saturated heterocycles. The second-order valence-electron chi connectivity index (χ2n) is 4.87. The number of carbonyl (C=O) groups is 2. The molecule has 2 rings (SSSR count). The number of aromatic nitrogens is 2. The summed E-state index contributed by atoms with van der Waals surface area (Å²) in [6, 6.07) is 5.21. The van der Waals surface area contributed by atoms with Gasteiger partial charge >= 0.3 is 0 Å². The minimum atomic E-state index is -0.376. The molecule has 0 radical (unpaired) electrons. The number of benzene rings is 1. The largest absolute Gasteiger partial charge is 0.355 e. The van der Waals surface area contributed by atoms with Gasteiger partial charge in [0.2, 0.25) is 11.8 Å². The Balaban J connectivity index is 1.73. The number of nitrogens with zero attached hydrogens (tertiary/aromatic N) is 1. The van der Waals surface area contributed by atoms with Crippen LogP contribution in [0.5, 0.6) is 0 Å². The van der Waals surface area contributed by atoms with Crippen molar-refractivity contribution in [3.63, 3.8) is 0 Å². The monoisotopic (exact) mass is 320 g/mol. The molecule has 0 aliphatic heterocycles. The van der Waals surface area contributed by atoms with E-state index >= 15 is 0 Å². The molecule has 0 saturated carbocycles. The number of H-pyrrole nitrogens is 1. The number of aromatic amines is 1. The molecule has 3 N–H and O–H groups in total. The molecule has 0 atom stereocenters. The summed E-state index contributed by atoms with van der Waals surface area (Å²) in [7, 11) is 0. The van der Waals surface area contributed by atoms with Crippen LogP contribution < -0.4 is 10.6 Å². The zero-order chi connectivity index (χ0) is 15.9. The van der Waals surface area contributed by atoms with Gasteiger partial charge in [0.1, 0.15) is 6.42 Å². The molecule has 116 valence electrons. The van der Waals surface area contributed by atoms with Crippen LogP contribution in [0.4, 0.5) is 5.69 Å². The van der Waals surface area contributed by atoms with Crippen molar-refractivity contribution in [3.8, 4) is 0 Å². The van der Waals surface area contributed by atoms with Crippen LogP contribution in [0.1, 0.15) is 17.7 Å². The Bertz CT molecular complexity index is 656. The quantitative estimate of drug-likeness (QED) is 0.712. The Labute approximate surface area is 133 Å². The minimum Gasteiger partial charge on any atom is -0.355 e. The molecule has 1 heterocycles. The summed E-state index contributed by atoms with van der Waals surface area (Å²) in [6.45, 7) is 2.33. The lowest BCUT2D eigenvalue weighted by atomic mass is 10.2. The number of rotatable bonds is 6. The van der Waals surface area contributed by atoms with Crippen LogP contribution in [0, 0.1) is 6.92 Å². The van der Waals surface area contributed by atoms with Crippen LogP contribution in [-0.2, 0) is 16.0 Å². The maximum atomic E-state index is 11.8. The number of anilines is 1. The molecule has 0 bridgehead atoms. The summed E-state index contributed by atoms with van der Waals surface area (Å²) >= 11 is 5.98. The zero-order valence-corrected chi connectivity index (χ0v) is 12.9. The van der Waals surface area contributed by atoms with E-state index in [4.69, 9.17) is 11.6 Å². The first kappa shape index (κ1) is 16.0. The standard InChI is InChI=1S/C15H17ClN4O2/c1-10-2-3-11(6-13(10)16)20-15(22)7-14(21)18-5-4-12-8-17-9-19-12/h2-3,6,8-9H,4-5,7H2,1H3,(H,17,19)(H,18,21)(H,20,22). The molecule has 0 fully saturated rings. The van der Waals surface area contributed by atoms with Crippen molar-refractivity contribution in [2.24, 2.45) is 0 Å². The third-order valence-electron chi connectivity index (χ3n) is 3.05. The van der Waals surface area contributed by atoms with Gasteiger partial charge in [-0.3, -0.25) is 9.59 Å². The lowest BCUT2D eigenvalue weighted by molar-refractivity contribution is -0.126. The first-order valence-corrected chi connectivity index (χ1v) is 7.22. The summed E-state index contributed by atoms with van der Waals surface area (Å²) in [4.78, 5) is 30.3. The number of imidazole rings is 1. The molecule has 6 nitrogen and oxygen atoms in total. The Morgan fingerprint density at radius 1 is 1.32 bits per heavy atom. The fourth-order valence-electron chi connectivity index (χ4n) is 1.84. The molecule has 0 aliphatic carbocycles. The number of carbonyl (C=O) groups excluding carboxylic acids is 2. The Morgan fingerprint density at radius 3 is 2.82 bits per heavy atom. The first-order valence-electron chi connectivity index (χ1n) is 6.84. The summed E-state index contributed by atoms with van der Waals surface area (Å²) < 4.78 is 0. The maximum absolute atomic E-state index is 11.8. The van der Waals surface area contributed by atoms with E-state index in [1.165, 1.54) is 0 Å². The lowest BCUT2D eigenvalue weighted by Crippen LogP contribution is -2.29. The Morgan fingerprint density at radius 2 is 2.14 bits per heavy atom. The Kier molecular flexibility index (Phi) is 5.55. The average molecular weight is 321 g/mol. The van der Waals surface area contributed by atoms with Gasteiger partial charge in [0.15, 0.2) is 0 Å². The van der Waals surface area contributed by atoms with Crippen LogP contribution in [0.15, 0.2) is 30.7 Å². The van der Waals surface area contributed by atoms with E-state index in [1.54, 1.807) is 24.7 Å². The smallest absolute Gasteiger partial charge is 0.233 e. The highest BCUT2D eigenvalue weighted by atomic mass is 35.5. The van der Waals surface area contributed by atoms with Crippen molar-refractivity contribution in [2.75, 3.05) is 11.9 Å². The topological polar surface area (TPSA) is 86.9 Å². The average Bonchev–Trinajstić information content (AvgIpc) is 2.96. The molecule has 0 spiro atoms. The van der Waals surface area contributed by atoms with Crippen LogP contribution in [0.3, 0.4) is 0 Å². The zero-order valence-electron chi connectivity index (χ0n) is 12.1. The van der Waals surface area contributed by atoms with Gasteiger partial charge in [0, 0.05) is 35.6 Å². The highest BCUT2D eigenvalue weighted by Gasteiger charge is 2.10. The van der Waals surface area contributed by atoms with Crippen molar-refractivity contribution in [2.45, 2.75) is 19.8 Å². The van der Waals surface area contributed by atoms with E-state index in [9.17, 15) is 9.59 Å². The van der Waals surface area contributed by atoms with E-state index in [-0.39, 0.29) is 18.2 Å².